The molecule has 234 valence electrons. The minimum atomic E-state index is -0.541. The molecule has 2 N–H and O–H groups in total. The number of ether oxygens (including phenoxy) is 6. The molecule has 2 amide bonds. The van der Waals surface area contributed by atoms with Crippen molar-refractivity contribution in [3.05, 3.63) is 71.3 Å². The summed E-state index contributed by atoms with van der Waals surface area (Å²) in [6.07, 6.45) is 3.88. The van der Waals surface area contributed by atoms with Gasteiger partial charge in [-0.15, -0.1) is 0 Å². The summed E-state index contributed by atoms with van der Waals surface area (Å²) in [5.41, 5.74) is 3.91. The van der Waals surface area contributed by atoms with Crippen LogP contribution in [0.1, 0.15) is 52.0 Å². The molecule has 0 saturated carbocycles. The number of hydrogen-bond acceptors (Lipinski definition) is 10. The zero-order chi connectivity index (χ0) is 31.9. The van der Waals surface area contributed by atoms with Crippen molar-refractivity contribution in [3.8, 4) is 34.5 Å². The Kier molecular flexibility index (Phi) is 12.8. The predicted octanol–water partition coefficient (Wildman–Crippen LogP) is 4.39. The fraction of sp³-hybridized carbons (Fsp3) is 0.312. The maximum Gasteiger partial charge on any atom is 0.343 e. The first kappa shape index (κ1) is 33.2. The monoisotopic (exact) mass is 607 g/mol. The fourth-order valence-electron chi connectivity index (χ4n) is 4.09. The lowest BCUT2D eigenvalue weighted by Crippen LogP contribution is -2.24. The highest BCUT2D eigenvalue weighted by Gasteiger charge is 2.17. The summed E-state index contributed by atoms with van der Waals surface area (Å²) in [4.78, 5) is 37.2. The summed E-state index contributed by atoms with van der Waals surface area (Å²) < 4.78 is 31.7. The number of nitrogens with zero attached hydrogens (tertiary/aromatic N) is 1. The van der Waals surface area contributed by atoms with Crippen molar-refractivity contribution < 1.29 is 42.8 Å². The van der Waals surface area contributed by atoms with Gasteiger partial charge in [0, 0.05) is 18.5 Å². The Hall–Kier alpha value is -5.26. The van der Waals surface area contributed by atoms with Gasteiger partial charge in [-0.05, 0) is 73.0 Å². The van der Waals surface area contributed by atoms with Crippen molar-refractivity contribution in [2.75, 3.05) is 42.1 Å². The molecule has 3 rings (SSSR count). The predicted molar refractivity (Wildman–Crippen MR) is 164 cm³/mol. The van der Waals surface area contributed by atoms with E-state index in [1.807, 2.05) is 0 Å². The second-order valence-corrected chi connectivity index (χ2v) is 9.30. The molecule has 12 heteroatoms. The van der Waals surface area contributed by atoms with Crippen molar-refractivity contribution in [2.45, 2.75) is 25.7 Å². The van der Waals surface area contributed by atoms with E-state index >= 15 is 0 Å². The third-order valence-corrected chi connectivity index (χ3v) is 6.41. The SMILES string of the molecule is COc1ccc(C(=O)Oc2ccc(C=NNC(=O)CCCCCNC(=O)c3cc(OC)c(OC)c(OC)c3)cc2)cc1OC. The van der Waals surface area contributed by atoms with Crippen LogP contribution in [0.25, 0.3) is 0 Å². The molecule has 0 spiro atoms. The molecular formula is C32H37N3O9. The van der Waals surface area contributed by atoms with Crippen LogP contribution in [0.2, 0.25) is 0 Å². The molecule has 0 radical (unpaired) electrons. The molecule has 44 heavy (non-hydrogen) atoms. The van der Waals surface area contributed by atoms with Crippen LogP contribution in [0.5, 0.6) is 34.5 Å². The van der Waals surface area contributed by atoms with E-state index in [0.717, 1.165) is 6.42 Å². The molecule has 0 aliphatic heterocycles. The van der Waals surface area contributed by atoms with Gasteiger partial charge in [0.05, 0.1) is 47.3 Å². The molecule has 0 fully saturated rings. The van der Waals surface area contributed by atoms with Crippen LogP contribution in [0, 0.1) is 0 Å². The molecule has 0 heterocycles. The molecule has 0 saturated heterocycles. The van der Waals surface area contributed by atoms with Crippen molar-refractivity contribution in [2.24, 2.45) is 5.10 Å². The summed E-state index contributed by atoms with van der Waals surface area (Å²) in [6, 6.07) is 14.6. The highest BCUT2D eigenvalue weighted by atomic mass is 16.5. The topological polar surface area (TPSA) is 143 Å². The van der Waals surface area contributed by atoms with Crippen LogP contribution in [0.15, 0.2) is 59.7 Å². The van der Waals surface area contributed by atoms with Crippen LogP contribution in [-0.4, -0.2) is 66.1 Å². The average molecular weight is 608 g/mol. The third-order valence-electron chi connectivity index (χ3n) is 6.41. The van der Waals surface area contributed by atoms with Crippen LogP contribution in [0.4, 0.5) is 0 Å². The van der Waals surface area contributed by atoms with Crippen molar-refractivity contribution >= 4 is 24.0 Å². The van der Waals surface area contributed by atoms with Gasteiger partial charge in [0.1, 0.15) is 5.75 Å². The largest absolute Gasteiger partial charge is 0.493 e. The first-order valence-electron chi connectivity index (χ1n) is 13.8. The Balaban J connectivity index is 1.35. The summed E-state index contributed by atoms with van der Waals surface area (Å²) in [7, 11) is 7.48. The number of hydrogen-bond donors (Lipinski definition) is 2. The molecule has 0 atom stereocenters. The zero-order valence-corrected chi connectivity index (χ0v) is 25.4. The van der Waals surface area contributed by atoms with Crippen molar-refractivity contribution in [1.29, 1.82) is 0 Å². The average Bonchev–Trinajstić information content (AvgIpc) is 3.05. The second-order valence-electron chi connectivity index (χ2n) is 9.30. The van der Waals surface area contributed by atoms with E-state index in [0.29, 0.717) is 77.0 Å². The molecule has 0 aliphatic rings. The van der Waals surface area contributed by atoms with Gasteiger partial charge in [-0.25, -0.2) is 10.2 Å². The number of rotatable bonds is 16. The number of hydrazone groups is 1. The zero-order valence-electron chi connectivity index (χ0n) is 25.4. The lowest BCUT2D eigenvalue weighted by molar-refractivity contribution is -0.121. The third kappa shape index (κ3) is 9.38. The van der Waals surface area contributed by atoms with Crippen LogP contribution < -0.4 is 39.2 Å². The minimum Gasteiger partial charge on any atom is -0.493 e. The van der Waals surface area contributed by atoms with Crippen molar-refractivity contribution in [1.82, 2.24) is 10.7 Å². The van der Waals surface area contributed by atoms with E-state index in [4.69, 9.17) is 28.4 Å². The highest BCUT2D eigenvalue weighted by Crippen LogP contribution is 2.38. The Morgan fingerprint density at radius 1 is 0.705 bits per heavy atom. The summed E-state index contributed by atoms with van der Waals surface area (Å²) in [5.74, 6) is 1.47. The maximum atomic E-state index is 12.5. The number of methoxy groups -OCH3 is 5. The van der Waals surface area contributed by atoms with Gasteiger partial charge in [0.15, 0.2) is 23.0 Å². The Bertz CT molecular complexity index is 1430. The Morgan fingerprint density at radius 2 is 1.34 bits per heavy atom. The Morgan fingerprint density at radius 3 is 1.95 bits per heavy atom. The molecule has 0 aliphatic carbocycles. The molecule has 0 bridgehead atoms. The maximum absolute atomic E-state index is 12.5. The van der Waals surface area contributed by atoms with E-state index in [9.17, 15) is 14.4 Å². The molecule has 0 aromatic heterocycles. The number of carbonyl (C=O) groups excluding carboxylic acids is 3. The number of amides is 2. The van der Waals surface area contributed by atoms with Crippen LogP contribution >= 0.6 is 0 Å². The van der Waals surface area contributed by atoms with E-state index in [1.165, 1.54) is 41.8 Å². The fourth-order valence-corrected chi connectivity index (χ4v) is 4.09. The van der Waals surface area contributed by atoms with Crippen molar-refractivity contribution in [3.63, 3.8) is 0 Å². The Labute approximate surface area is 256 Å². The van der Waals surface area contributed by atoms with Gasteiger partial charge < -0.3 is 33.7 Å². The quantitative estimate of drug-likeness (QED) is 0.0797. The van der Waals surface area contributed by atoms with E-state index in [2.05, 4.69) is 15.8 Å². The second kappa shape index (κ2) is 17.0. The van der Waals surface area contributed by atoms with Crippen LogP contribution in [-0.2, 0) is 4.79 Å². The van der Waals surface area contributed by atoms with Gasteiger partial charge in [-0.3, -0.25) is 9.59 Å². The number of benzene rings is 3. The van der Waals surface area contributed by atoms with Gasteiger partial charge in [-0.2, -0.15) is 5.10 Å². The molecular weight excluding hydrogens is 570 g/mol. The minimum absolute atomic E-state index is 0.219. The normalized spacial score (nSPS) is 10.6. The first-order chi connectivity index (χ1) is 21.3. The number of nitrogens with one attached hydrogen (secondary N) is 2. The van der Waals surface area contributed by atoms with E-state index < -0.39 is 5.97 Å². The summed E-state index contributed by atoms with van der Waals surface area (Å²) in [5, 5.41) is 6.84. The van der Waals surface area contributed by atoms with Crippen LogP contribution in [0.3, 0.4) is 0 Å². The van der Waals surface area contributed by atoms with Gasteiger partial charge >= 0.3 is 5.97 Å². The lowest BCUT2D eigenvalue weighted by atomic mass is 10.1. The first-order valence-corrected chi connectivity index (χ1v) is 13.8. The smallest absolute Gasteiger partial charge is 0.343 e. The molecule has 12 nitrogen and oxygen atoms in total. The standard InChI is InChI=1S/C32H37N3O9/c1-39-25-15-12-22(17-26(25)40-2)32(38)44-24-13-10-21(11-14-24)20-34-35-29(36)9-7-6-8-16-33-31(37)23-18-27(41-3)30(43-5)28(19-23)42-4/h10-15,17-20H,6-9,16H2,1-5H3,(H,33,37)(H,35,36). The molecule has 3 aromatic rings. The summed E-state index contributed by atoms with van der Waals surface area (Å²) in [6.45, 7) is 0.453. The number of esters is 1. The van der Waals surface area contributed by atoms with E-state index in [1.54, 1.807) is 54.6 Å². The van der Waals surface area contributed by atoms with Gasteiger partial charge in [-0.1, -0.05) is 6.42 Å². The molecule has 0 unspecified atom stereocenters. The molecule has 3 aromatic carbocycles. The van der Waals surface area contributed by atoms with Gasteiger partial charge in [0.25, 0.3) is 5.91 Å². The lowest BCUT2D eigenvalue weighted by Gasteiger charge is -2.14. The number of unbranched alkanes of at least 4 members (excludes halogenated alkanes) is 2. The van der Waals surface area contributed by atoms with E-state index in [-0.39, 0.29) is 11.8 Å². The summed E-state index contributed by atoms with van der Waals surface area (Å²) >= 11 is 0. The highest BCUT2D eigenvalue weighted by molar-refractivity contribution is 5.95. The number of carbonyl (C=O) groups is 3. The van der Waals surface area contributed by atoms with Gasteiger partial charge in [0.2, 0.25) is 11.7 Å².